The minimum atomic E-state index is -4.70. The van der Waals surface area contributed by atoms with Gasteiger partial charge in [-0.15, -0.1) is 0 Å². The summed E-state index contributed by atoms with van der Waals surface area (Å²) in [6, 6.07) is 0.745. The average Bonchev–Trinajstić information content (AvgIpc) is 2.54. The van der Waals surface area contributed by atoms with Crippen molar-refractivity contribution < 1.29 is 23.1 Å². The van der Waals surface area contributed by atoms with Gasteiger partial charge in [-0.05, 0) is 13.0 Å². The number of fused-ring (bicyclic) bond motifs is 1. The molecule has 9 heteroatoms. The third kappa shape index (κ3) is 1.88. The number of halogens is 4. The van der Waals surface area contributed by atoms with Gasteiger partial charge in [0.2, 0.25) is 0 Å². The van der Waals surface area contributed by atoms with E-state index in [0.29, 0.717) is 4.52 Å². The van der Waals surface area contributed by atoms with Gasteiger partial charge in [0.15, 0.2) is 5.65 Å². The lowest BCUT2D eigenvalue weighted by atomic mass is 10.3. The molecule has 0 amide bonds. The smallest absolute Gasteiger partial charge is 0.433 e. The molecule has 96 valence electrons. The van der Waals surface area contributed by atoms with Gasteiger partial charge in [0.05, 0.1) is 5.97 Å². The molecule has 18 heavy (non-hydrogen) atoms. The van der Waals surface area contributed by atoms with Gasteiger partial charge in [-0.3, -0.25) is 0 Å². The zero-order valence-corrected chi connectivity index (χ0v) is 9.50. The highest BCUT2D eigenvalue weighted by atomic mass is 35.5. The number of carbonyl (C=O) groups excluding carboxylic acids is 1. The second-order valence-electron chi connectivity index (χ2n) is 3.47. The average molecular weight is 279 g/mol. The molecular weight excluding hydrogens is 275 g/mol. The number of aromatic carboxylic acids is 1. The van der Waals surface area contributed by atoms with Crippen LogP contribution in [0.4, 0.5) is 13.2 Å². The van der Waals surface area contributed by atoms with Crippen LogP contribution in [-0.2, 0) is 6.18 Å². The van der Waals surface area contributed by atoms with Crippen molar-refractivity contribution in [2.75, 3.05) is 0 Å². The number of rotatable bonds is 1. The first-order chi connectivity index (χ1) is 8.21. The van der Waals surface area contributed by atoms with Crippen molar-refractivity contribution in [1.82, 2.24) is 14.6 Å². The van der Waals surface area contributed by atoms with Crippen molar-refractivity contribution in [2.24, 2.45) is 0 Å². The van der Waals surface area contributed by atoms with E-state index in [-0.39, 0.29) is 11.3 Å². The highest BCUT2D eigenvalue weighted by Gasteiger charge is 2.35. The predicted molar refractivity (Wildman–Crippen MR) is 52.1 cm³/mol. The first kappa shape index (κ1) is 12.6. The Morgan fingerprint density at radius 1 is 1.50 bits per heavy atom. The first-order valence-electron chi connectivity index (χ1n) is 4.56. The Hall–Kier alpha value is -1.83. The van der Waals surface area contributed by atoms with E-state index in [9.17, 15) is 23.1 Å². The van der Waals surface area contributed by atoms with Crippen molar-refractivity contribution in [2.45, 2.75) is 13.1 Å². The largest absolute Gasteiger partial charge is 0.543 e. The highest BCUT2D eigenvalue weighted by molar-refractivity contribution is 6.36. The molecule has 0 atom stereocenters. The molecule has 0 aliphatic rings. The van der Waals surface area contributed by atoms with Crippen LogP contribution in [0.5, 0.6) is 0 Å². The van der Waals surface area contributed by atoms with Crippen LogP contribution in [0.15, 0.2) is 6.07 Å². The molecule has 0 bridgehead atoms. The molecule has 2 aromatic heterocycles. The SMILES string of the molecule is Cc1cc(C(F)(F)F)n2nc(C(=O)[O-])c(Cl)c2n1. The van der Waals surface area contributed by atoms with E-state index in [0.717, 1.165) is 6.07 Å². The van der Waals surface area contributed by atoms with Crippen molar-refractivity contribution >= 4 is 23.2 Å². The number of nitrogens with zero attached hydrogens (tertiary/aromatic N) is 3. The summed E-state index contributed by atoms with van der Waals surface area (Å²) >= 11 is 5.61. The van der Waals surface area contributed by atoms with Gasteiger partial charge in [0.1, 0.15) is 16.4 Å². The lowest BCUT2D eigenvalue weighted by Crippen LogP contribution is -2.23. The maximum Gasteiger partial charge on any atom is 0.433 e. The number of aryl methyl sites for hydroxylation is 1. The third-order valence-corrected chi connectivity index (χ3v) is 2.49. The molecule has 0 radical (unpaired) electrons. The second-order valence-corrected chi connectivity index (χ2v) is 3.84. The maximum atomic E-state index is 12.7. The Labute approximate surface area is 103 Å². The second kappa shape index (κ2) is 3.84. The summed E-state index contributed by atoms with van der Waals surface area (Å²) in [5.74, 6) is -1.77. The van der Waals surface area contributed by atoms with E-state index < -0.39 is 28.6 Å². The van der Waals surface area contributed by atoms with Crippen LogP contribution < -0.4 is 5.11 Å². The number of carboxylic acids is 1. The van der Waals surface area contributed by atoms with Gasteiger partial charge in [-0.1, -0.05) is 11.6 Å². The summed E-state index contributed by atoms with van der Waals surface area (Å²) in [7, 11) is 0. The molecule has 0 saturated heterocycles. The Balaban J connectivity index is 2.89. The predicted octanol–water partition coefficient (Wildman–Crippen LogP) is 1.07. The molecule has 0 saturated carbocycles. The molecule has 0 aliphatic heterocycles. The lowest BCUT2D eigenvalue weighted by molar-refractivity contribution is -0.255. The number of carboxylic acid groups (broad SMARTS) is 1. The van der Waals surface area contributed by atoms with Gasteiger partial charge in [-0.2, -0.15) is 18.3 Å². The minimum Gasteiger partial charge on any atom is -0.543 e. The molecule has 0 spiro atoms. The fourth-order valence-corrected chi connectivity index (χ4v) is 1.68. The molecule has 2 heterocycles. The van der Waals surface area contributed by atoms with E-state index >= 15 is 0 Å². The molecule has 0 unspecified atom stereocenters. The molecule has 0 aliphatic carbocycles. The zero-order valence-electron chi connectivity index (χ0n) is 8.75. The quantitative estimate of drug-likeness (QED) is 0.782. The molecular formula is C9H4ClF3N3O2-. The molecule has 2 rings (SSSR count). The van der Waals surface area contributed by atoms with Crippen LogP contribution in [-0.4, -0.2) is 20.6 Å². The minimum absolute atomic E-state index is 0.0431. The molecule has 5 nitrogen and oxygen atoms in total. The van der Waals surface area contributed by atoms with E-state index in [2.05, 4.69) is 10.1 Å². The van der Waals surface area contributed by atoms with Crippen LogP contribution in [0, 0.1) is 6.92 Å². The van der Waals surface area contributed by atoms with Crippen LogP contribution in [0.2, 0.25) is 5.02 Å². The Morgan fingerprint density at radius 2 is 2.11 bits per heavy atom. The molecule has 0 N–H and O–H groups in total. The van der Waals surface area contributed by atoms with Gasteiger partial charge < -0.3 is 9.90 Å². The summed E-state index contributed by atoms with van der Waals surface area (Å²) in [5, 5.41) is 13.4. The molecule has 0 fully saturated rings. The summed E-state index contributed by atoms with van der Waals surface area (Å²) in [6.07, 6.45) is -4.70. The summed E-state index contributed by atoms with van der Waals surface area (Å²) in [5.41, 5.74) is -2.26. The van der Waals surface area contributed by atoms with Crippen LogP contribution in [0.3, 0.4) is 0 Å². The summed E-state index contributed by atoms with van der Waals surface area (Å²) in [4.78, 5) is 14.4. The molecule has 0 aromatic carbocycles. The Morgan fingerprint density at radius 3 is 2.61 bits per heavy atom. The van der Waals surface area contributed by atoms with Crippen molar-refractivity contribution in [3.63, 3.8) is 0 Å². The zero-order chi connectivity index (χ0) is 13.7. The van der Waals surface area contributed by atoms with E-state index in [1.807, 2.05) is 0 Å². The third-order valence-electron chi connectivity index (χ3n) is 2.14. The van der Waals surface area contributed by atoms with Crippen LogP contribution >= 0.6 is 11.6 Å². The van der Waals surface area contributed by atoms with E-state index in [1.54, 1.807) is 0 Å². The maximum absolute atomic E-state index is 12.7. The Bertz CT molecular complexity index is 651. The number of aromatic nitrogens is 3. The van der Waals surface area contributed by atoms with Crippen LogP contribution in [0.1, 0.15) is 21.9 Å². The van der Waals surface area contributed by atoms with Gasteiger partial charge in [-0.25, -0.2) is 9.50 Å². The fourth-order valence-electron chi connectivity index (χ4n) is 1.45. The van der Waals surface area contributed by atoms with Crippen LogP contribution in [0.25, 0.3) is 5.65 Å². The number of hydrogen-bond donors (Lipinski definition) is 0. The van der Waals surface area contributed by atoms with Crippen molar-refractivity contribution in [3.8, 4) is 0 Å². The standard InChI is InChI=1S/C9H5ClF3N3O2/c1-3-2-4(9(11,12)13)16-7(14-3)5(10)6(15-16)8(17)18/h2H,1H3,(H,17,18)/p-1. The topological polar surface area (TPSA) is 70.3 Å². The van der Waals surface area contributed by atoms with Crippen molar-refractivity contribution in [1.29, 1.82) is 0 Å². The van der Waals surface area contributed by atoms with E-state index in [4.69, 9.17) is 11.6 Å². The normalized spacial score (nSPS) is 12.1. The Kier molecular flexibility index (Phi) is 2.69. The monoisotopic (exact) mass is 278 g/mol. The summed E-state index contributed by atoms with van der Waals surface area (Å²) < 4.78 is 38.6. The van der Waals surface area contributed by atoms with Gasteiger partial charge >= 0.3 is 6.18 Å². The summed E-state index contributed by atoms with van der Waals surface area (Å²) in [6.45, 7) is 1.33. The lowest BCUT2D eigenvalue weighted by Gasteiger charge is -2.09. The molecule has 2 aromatic rings. The van der Waals surface area contributed by atoms with Gasteiger partial charge in [0.25, 0.3) is 0 Å². The first-order valence-corrected chi connectivity index (χ1v) is 4.94. The van der Waals surface area contributed by atoms with E-state index in [1.165, 1.54) is 6.92 Å². The number of hydrogen-bond acceptors (Lipinski definition) is 4. The highest BCUT2D eigenvalue weighted by Crippen LogP contribution is 2.31. The van der Waals surface area contributed by atoms with Gasteiger partial charge in [0, 0.05) is 5.69 Å². The number of alkyl halides is 3. The van der Waals surface area contributed by atoms with Crippen molar-refractivity contribution in [3.05, 3.63) is 28.2 Å². The fraction of sp³-hybridized carbons (Fsp3) is 0.222. The number of carbonyl (C=O) groups is 1.